The fourth-order valence-electron chi connectivity index (χ4n) is 5.25. The molecule has 190 valence electrons. The molecule has 0 aliphatic rings. The smallest absolute Gasteiger partial charge is 0.418 e. The van der Waals surface area contributed by atoms with E-state index in [2.05, 4.69) is 25.8 Å². The van der Waals surface area contributed by atoms with Crippen molar-refractivity contribution in [2.45, 2.75) is 33.4 Å². The molecule has 6 rings (SSSR count). The molecule has 2 heterocycles. The molecule has 4 aromatic carbocycles. The second-order valence-electron chi connectivity index (χ2n) is 11.0. The molecule has 5 heteroatoms. The van der Waals surface area contributed by atoms with Gasteiger partial charge in [-0.05, 0) is 57.5 Å². The lowest BCUT2D eigenvalue weighted by atomic mass is 9.87. The van der Waals surface area contributed by atoms with Crippen LogP contribution in [-0.2, 0) is 12.6 Å². The molecular formula is C33H26F3NO. The minimum absolute atomic E-state index is 0.0799. The number of fused-ring (bicyclic) bond motifs is 5. The molecule has 0 saturated carbocycles. The molecule has 0 aliphatic carbocycles. The summed E-state index contributed by atoms with van der Waals surface area (Å²) < 4.78 is 48.6. The van der Waals surface area contributed by atoms with Crippen LogP contribution >= 0.6 is 0 Å². The topological polar surface area (TPSA) is 26.0 Å². The SMILES string of the molecule is CC(C)(C)Cc1ccc(-c2cc(-c3cc4ccccc4c4c3oc3ccccc34)ncc2C(F)(F)F)cc1. The Balaban J connectivity index is 1.58. The molecule has 38 heavy (non-hydrogen) atoms. The van der Waals surface area contributed by atoms with Gasteiger partial charge in [0, 0.05) is 22.5 Å². The summed E-state index contributed by atoms with van der Waals surface area (Å²) in [5.41, 5.74) is 3.44. The van der Waals surface area contributed by atoms with Crippen molar-refractivity contribution in [3.05, 3.63) is 102 Å². The highest BCUT2D eigenvalue weighted by Gasteiger charge is 2.35. The molecule has 0 amide bonds. The van der Waals surface area contributed by atoms with Gasteiger partial charge in [0.05, 0.1) is 11.3 Å². The van der Waals surface area contributed by atoms with Crippen LogP contribution in [0.5, 0.6) is 0 Å². The summed E-state index contributed by atoms with van der Waals surface area (Å²) in [5.74, 6) is 0. The van der Waals surface area contributed by atoms with Gasteiger partial charge in [0.2, 0.25) is 0 Å². The van der Waals surface area contributed by atoms with Crippen LogP contribution in [0, 0.1) is 5.41 Å². The Labute approximate surface area is 218 Å². The maximum atomic E-state index is 14.1. The zero-order chi connectivity index (χ0) is 26.7. The normalized spacial score (nSPS) is 12.6. The standard InChI is InChI=1S/C33H26F3NO/c1-32(2,3)18-20-12-14-21(15-13-20)25-17-28(37-19-27(25)33(34,35)36)26-16-22-8-4-5-9-23(22)30-24-10-6-7-11-29(24)38-31(26)30/h4-17,19H,18H2,1-3H3. The molecule has 0 spiro atoms. The second-order valence-corrected chi connectivity index (χ2v) is 11.0. The van der Waals surface area contributed by atoms with E-state index in [1.165, 1.54) is 0 Å². The third-order valence-electron chi connectivity index (χ3n) is 6.85. The Morgan fingerprint density at radius 3 is 2.16 bits per heavy atom. The number of aromatic nitrogens is 1. The van der Waals surface area contributed by atoms with Crippen LogP contribution in [-0.4, -0.2) is 4.98 Å². The van der Waals surface area contributed by atoms with Crippen LogP contribution in [0.3, 0.4) is 0 Å². The summed E-state index contributed by atoms with van der Waals surface area (Å²) in [6, 6.07) is 26.6. The maximum Gasteiger partial charge on any atom is 0.418 e. The minimum Gasteiger partial charge on any atom is -0.455 e. The van der Waals surface area contributed by atoms with Gasteiger partial charge in [-0.15, -0.1) is 0 Å². The van der Waals surface area contributed by atoms with Crippen LogP contribution in [0.15, 0.2) is 95.5 Å². The van der Waals surface area contributed by atoms with E-state index < -0.39 is 11.7 Å². The number of rotatable bonds is 3. The number of pyridine rings is 1. The lowest BCUT2D eigenvalue weighted by molar-refractivity contribution is -0.137. The van der Waals surface area contributed by atoms with E-state index in [0.717, 1.165) is 45.3 Å². The molecule has 0 bridgehead atoms. The highest BCUT2D eigenvalue weighted by atomic mass is 19.4. The number of nitrogens with zero attached hydrogens (tertiary/aromatic N) is 1. The van der Waals surface area contributed by atoms with Crippen molar-refractivity contribution < 1.29 is 17.6 Å². The summed E-state index contributed by atoms with van der Waals surface area (Å²) in [6.45, 7) is 6.42. The van der Waals surface area contributed by atoms with Gasteiger partial charge >= 0.3 is 6.18 Å². The van der Waals surface area contributed by atoms with E-state index in [1.54, 1.807) is 18.2 Å². The number of halogens is 3. The van der Waals surface area contributed by atoms with E-state index >= 15 is 0 Å². The van der Waals surface area contributed by atoms with Gasteiger partial charge in [-0.1, -0.05) is 87.5 Å². The van der Waals surface area contributed by atoms with Crippen LogP contribution < -0.4 is 0 Å². The number of furan rings is 1. The molecule has 6 aromatic rings. The van der Waals surface area contributed by atoms with Gasteiger partial charge in [-0.25, -0.2) is 0 Å². The predicted octanol–water partition coefficient (Wildman–Crippen LogP) is 10.1. The lowest BCUT2D eigenvalue weighted by Gasteiger charge is -2.19. The Morgan fingerprint density at radius 1 is 0.763 bits per heavy atom. The van der Waals surface area contributed by atoms with E-state index in [0.29, 0.717) is 22.4 Å². The number of hydrogen-bond acceptors (Lipinski definition) is 2. The van der Waals surface area contributed by atoms with Gasteiger partial charge < -0.3 is 4.42 Å². The molecule has 0 unspecified atom stereocenters. The first-order valence-corrected chi connectivity index (χ1v) is 12.6. The molecular weight excluding hydrogens is 483 g/mol. The second kappa shape index (κ2) is 8.73. The van der Waals surface area contributed by atoms with Crippen molar-refractivity contribution in [3.8, 4) is 22.4 Å². The van der Waals surface area contributed by atoms with E-state index in [9.17, 15) is 13.2 Å². The van der Waals surface area contributed by atoms with Crippen LogP contribution in [0.25, 0.3) is 55.1 Å². The van der Waals surface area contributed by atoms with Gasteiger partial charge in [0.1, 0.15) is 11.2 Å². The molecule has 0 N–H and O–H groups in total. The number of para-hydroxylation sites is 1. The number of alkyl halides is 3. The van der Waals surface area contributed by atoms with Crippen LogP contribution in [0.1, 0.15) is 31.9 Å². The van der Waals surface area contributed by atoms with E-state index in [-0.39, 0.29) is 11.0 Å². The first kappa shape index (κ1) is 24.2. The summed E-state index contributed by atoms with van der Waals surface area (Å²) in [6.07, 6.45) is -2.76. The molecule has 2 nitrogen and oxygen atoms in total. The average molecular weight is 510 g/mol. The monoisotopic (exact) mass is 509 g/mol. The fraction of sp³-hybridized carbons (Fsp3) is 0.182. The van der Waals surface area contributed by atoms with Gasteiger partial charge in [0.25, 0.3) is 0 Å². The average Bonchev–Trinajstić information content (AvgIpc) is 3.27. The summed E-state index contributed by atoms with van der Waals surface area (Å²) >= 11 is 0. The predicted molar refractivity (Wildman–Crippen MR) is 148 cm³/mol. The maximum absolute atomic E-state index is 14.1. The Bertz CT molecular complexity index is 1810. The molecule has 0 aliphatic heterocycles. The first-order chi connectivity index (χ1) is 18.1. The Morgan fingerprint density at radius 2 is 1.45 bits per heavy atom. The van der Waals surface area contributed by atoms with Crippen molar-refractivity contribution in [1.29, 1.82) is 0 Å². The number of hydrogen-bond donors (Lipinski definition) is 0. The summed E-state index contributed by atoms with van der Waals surface area (Å²) in [7, 11) is 0. The Kier molecular flexibility index (Phi) is 5.56. The minimum atomic E-state index is -4.54. The van der Waals surface area contributed by atoms with E-state index in [1.807, 2.05) is 66.7 Å². The third-order valence-corrected chi connectivity index (χ3v) is 6.85. The van der Waals surface area contributed by atoms with Gasteiger partial charge in [0.15, 0.2) is 0 Å². The van der Waals surface area contributed by atoms with Gasteiger partial charge in [-0.3, -0.25) is 4.98 Å². The highest BCUT2D eigenvalue weighted by Crippen LogP contribution is 2.43. The van der Waals surface area contributed by atoms with Crippen LogP contribution in [0.4, 0.5) is 13.2 Å². The largest absolute Gasteiger partial charge is 0.455 e. The fourth-order valence-corrected chi connectivity index (χ4v) is 5.25. The van der Waals surface area contributed by atoms with Crippen molar-refractivity contribution >= 4 is 32.7 Å². The van der Waals surface area contributed by atoms with E-state index in [4.69, 9.17) is 4.42 Å². The highest BCUT2D eigenvalue weighted by molar-refractivity contribution is 6.22. The van der Waals surface area contributed by atoms with Crippen molar-refractivity contribution in [1.82, 2.24) is 4.98 Å². The molecule has 2 aromatic heterocycles. The van der Waals surface area contributed by atoms with Crippen molar-refractivity contribution in [2.24, 2.45) is 5.41 Å². The summed E-state index contributed by atoms with van der Waals surface area (Å²) in [4.78, 5) is 4.31. The molecule has 0 fully saturated rings. The zero-order valence-electron chi connectivity index (χ0n) is 21.4. The Hall–Kier alpha value is -4.12. The third kappa shape index (κ3) is 4.32. The zero-order valence-corrected chi connectivity index (χ0v) is 21.4. The number of benzene rings is 4. The molecule has 0 saturated heterocycles. The van der Waals surface area contributed by atoms with Crippen molar-refractivity contribution in [2.75, 3.05) is 0 Å². The van der Waals surface area contributed by atoms with Crippen molar-refractivity contribution in [3.63, 3.8) is 0 Å². The first-order valence-electron chi connectivity index (χ1n) is 12.6. The quantitative estimate of drug-likeness (QED) is 0.237. The summed E-state index contributed by atoms with van der Waals surface area (Å²) in [5, 5.41) is 3.89. The van der Waals surface area contributed by atoms with Crippen LogP contribution in [0.2, 0.25) is 0 Å². The molecule has 0 radical (unpaired) electrons. The van der Waals surface area contributed by atoms with Gasteiger partial charge in [-0.2, -0.15) is 13.2 Å². The molecule has 0 atom stereocenters. The lowest BCUT2D eigenvalue weighted by Crippen LogP contribution is -2.09.